The van der Waals surface area contributed by atoms with Crippen molar-refractivity contribution in [1.29, 1.82) is 0 Å². The van der Waals surface area contributed by atoms with Crippen molar-refractivity contribution < 1.29 is 4.79 Å². The van der Waals surface area contributed by atoms with Crippen molar-refractivity contribution in [1.82, 2.24) is 20.4 Å². The van der Waals surface area contributed by atoms with E-state index in [1.165, 1.54) is 0 Å². The fourth-order valence-corrected chi connectivity index (χ4v) is 2.71. The minimum atomic E-state index is -0.0974. The van der Waals surface area contributed by atoms with Gasteiger partial charge in [-0.1, -0.05) is 0 Å². The van der Waals surface area contributed by atoms with Gasteiger partial charge in [0.2, 0.25) is 5.91 Å². The molecule has 0 aliphatic heterocycles. The van der Waals surface area contributed by atoms with Crippen LogP contribution in [-0.2, 0) is 24.1 Å². The van der Waals surface area contributed by atoms with E-state index in [2.05, 4.69) is 20.4 Å². The van der Waals surface area contributed by atoms with E-state index in [9.17, 15) is 9.59 Å². The number of rotatable bonds is 6. The molecule has 0 unspecified atom stereocenters. The van der Waals surface area contributed by atoms with Gasteiger partial charge in [0.25, 0.3) is 5.56 Å². The first kappa shape index (κ1) is 18.6. The van der Waals surface area contributed by atoms with E-state index < -0.39 is 0 Å². The van der Waals surface area contributed by atoms with E-state index in [1.807, 2.05) is 14.1 Å². The number of hydrogen-bond acceptors (Lipinski definition) is 4. The van der Waals surface area contributed by atoms with Gasteiger partial charge in [0, 0.05) is 12.1 Å². The first-order valence-corrected chi connectivity index (χ1v) is 7.58. The third kappa shape index (κ3) is 5.10. The molecule has 0 atom stereocenters. The highest BCUT2D eigenvalue weighted by Crippen LogP contribution is 2.20. The molecular weight excluding hydrogens is 304 g/mol. The van der Waals surface area contributed by atoms with Crippen LogP contribution < -0.4 is 10.9 Å². The zero-order valence-corrected chi connectivity index (χ0v) is 14.1. The quantitative estimate of drug-likeness (QED) is 0.753. The van der Waals surface area contributed by atoms with Crippen LogP contribution in [-0.4, -0.2) is 48.2 Å². The van der Waals surface area contributed by atoms with Crippen molar-refractivity contribution in [3.63, 3.8) is 0 Å². The van der Waals surface area contributed by atoms with Crippen LogP contribution in [0.4, 0.5) is 0 Å². The predicted octanol–water partition coefficient (Wildman–Crippen LogP) is 0.681. The first-order chi connectivity index (χ1) is 10.1. The highest BCUT2D eigenvalue weighted by Gasteiger charge is 2.19. The van der Waals surface area contributed by atoms with Gasteiger partial charge in [-0.15, -0.1) is 12.4 Å². The molecule has 0 aromatic carbocycles. The van der Waals surface area contributed by atoms with Crippen molar-refractivity contribution in [3.8, 4) is 0 Å². The maximum absolute atomic E-state index is 12.0. The number of aromatic nitrogens is 2. The summed E-state index contributed by atoms with van der Waals surface area (Å²) in [5, 5.41) is 9.52. The highest BCUT2D eigenvalue weighted by atomic mass is 35.5. The Balaban J connectivity index is 0.00000242. The second-order valence-corrected chi connectivity index (χ2v) is 5.85. The third-order valence-corrected chi connectivity index (χ3v) is 3.81. The Morgan fingerprint density at radius 3 is 2.64 bits per heavy atom. The summed E-state index contributed by atoms with van der Waals surface area (Å²) >= 11 is 0. The molecule has 1 heterocycles. The molecule has 0 saturated heterocycles. The van der Waals surface area contributed by atoms with Crippen LogP contribution >= 0.6 is 12.4 Å². The van der Waals surface area contributed by atoms with Crippen molar-refractivity contribution >= 4 is 18.3 Å². The summed E-state index contributed by atoms with van der Waals surface area (Å²) in [5.74, 6) is -0.0268. The topological polar surface area (TPSA) is 78.1 Å². The lowest BCUT2D eigenvalue weighted by Gasteiger charge is -2.17. The monoisotopic (exact) mass is 328 g/mol. The van der Waals surface area contributed by atoms with Crippen LogP contribution in [0.3, 0.4) is 0 Å². The fraction of sp³-hybridized carbons (Fsp3) is 0.667. The Kier molecular flexibility index (Phi) is 7.55. The van der Waals surface area contributed by atoms with E-state index in [4.69, 9.17) is 0 Å². The lowest BCUT2D eigenvalue weighted by atomic mass is 9.91. The Morgan fingerprint density at radius 2 is 1.95 bits per heavy atom. The van der Waals surface area contributed by atoms with E-state index in [-0.39, 0.29) is 30.3 Å². The predicted molar refractivity (Wildman–Crippen MR) is 88.6 cm³/mol. The molecule has 7 heteroatoms. The molecule has 6 nitrogen and oxygen atoms in total. The van der Waals surface area contributed by atoms with Gasteiger partial charge in [-0.3, -0.25) is 9.59 Å². The third-order valence-electron chi connectivity index (χ3n) is 3.81. The first-order valence-electron chi connectivity index (χ1n) is 7.58. The maximum atomic E-state index is 12.0. The number of carbonyl (C=O) groups is 1. The zero-order valence-electron chi connectivity index (χ0n) is 13.3. The zero-order chi connectivity index (χ0) is 15.2. The summed E-state index contributed by atoms with van der Waals surface area (Å²) in [7, 11) is 4.02. The van der Waals surface area contributed by atoms with Crippen molar-refractivity contribution in [2.75, 3.05) is 27.2 Å². The Labute approximate surface area is 137 Å². The molecule has 1 aromatic rings. The highest BCUT2D eigenvalue weighted by molar-refractivity contribution is 5.85. The second kappa shape index (κ2) is 8.90. The molecule has 0 saturated carbocycles. The molecule has 2 N–H and O–H groups in total. The van der Waals surface area contributed by atoms with Crippen molar-refractivity contribution in [3.05, 3.63) is 27.2 Å². The molecule has 1 aliphatic carbocycles. The van der Waals surface area contributed by atoms with E-state index in [1.54, 1.807) is 0 Å². The van der Waals surface area contributed by atoms with Gasteiger partial charge in [-0.25, -0.2) is 5.10 Å². The molecule has 22 heavy (non-hydrogen) atoms. The van der Waals surface area contributed by atoms with Gasteiger partial charge in [0.15, 0.2) is 0 Å². The van der Waals surface area contributed by atoms with Crippen molar-refractivity contribution in [2.24, 2.45) is 0 Å². The minimum Gasteiger partial charge on any atom is -0.356 e. The maximum Gasteiger partial charge on any atom is 0.267 e. The molecule has 0 bridgehead atoms. The molecule has 1 amide bonds. The summed E-state index contributed by atoms with van der Waals surface area (Å²) in [6, 6.07) is 0. The van der Waals surface area contributed by atoms with E-state index in [0.717, 1.165) is 55.5 Å². The SMILES string of the molecule is CN(C)CCCNC(=O)Cc1n[nH]c(=O)c2c1CCCC2.Cl. The number of hydrogen-bond donors (Lipinski definition) is 2. The Bertz CT molecular complexity index is 557. The number of H-pyrrole nitrogens is 1. The lowest BCUT2D eigenvalue weighted by molar-refractivity contribution is -0.120. The molecule has 1 aromatic heterocycles. The number of amides is 1. The number of nitrogens with zero attached hydrogens (tertiary/aromatic N) is 2. The summed E-state index contributed by atoms with van der Waals surface area (Å²) in [6.07, 6.45) is 4.93. The number of aromatic amines is 1. The molecular formula is C15H25ClN4O2. The number of halogens is 1. The Hall–Kier alpha value is -1.40. The molecule has 1 aliphatic rings. The van der Waals surface area contributed by atoms with Crippen LogP contribution in [0, 0.1) is 0 Å². The number of fused-ring (bicyclic) bond motifs is 1. The van der Waals surface area contributed by atoms with Gasteiger partial charge < -0.3 is 10.2 Å². The summed E-state index contributed by atoms with van der Waals surface area (Å²) in [6.45, 7) is 1.62. The van der Waals surface area contributed by atoms with E-state index >= 15 is 0 Å². The summed E-state index contributed by atoms with van der Waals surface area (Å²) in [5.41, 5.74) is 2.45. The molecule has 124 valence electrons. The largest absolute Gasteiger partial charge is 0.356 e. The van der Waals surface area contributed by atoms with Crippen LogP contribution in [0.25, 0.3) is 0 Å². The van der Waals surface area contributed by atoms with Gasteiger partial charge in [0.1, 0.15) is 0 Å². The van der Waals surface area contributed by atoms with Gasteiger partial charge in [-0.2, -0.15) is 5.10 Å². The lowest BCUT2D eigenvalue weighted by Crippen LogP contribution is -2.30. The molecule has 0 fully saturated rings. The molecule has 0 radical (unpaired) electrons. The standard InChI is InChI=1S/C15H24N4O2.ClH/c1-19(2)9-5-8-16-14(20)10-13-11-6-3-4-7-12(11)15(21)18-17-13;/h3-10H2,1-2H3,(H,16,20)(H,18,21);1H. The summed E-state index contributed by atoms with van der Waals surface area (Å²) < 4.78 is 0. The number of carbonyl (C=O) groups excluding carboxylic acids is 1. The molecule has 2 rings (SSSR count). The normalized spacial score (nSPS) is 13.4. The number of nitrogens with one attached hydrogen (secondary N) is 2. The van der Waals surface area contributed by atoms with Crippen LogP contribution in [0.15, 0.2) is 4.79 Å². The van der Waals surface area contributed by atoms with Crippen LogP contribution in [0.5, 0.6) is 0 Å². The average molecular weight is 329 g/mol. The smallest absolute Gasteiger partial charge is 0.267 e. The second-order valence-electron chi connectivity index (χ2n) is 5.85. The average Bonchev–Trinajstić information content (AvgIpc) is 2.47. The Morgan fingerprint density at radius 1 is 1.27 bits per heavy atom. The summed E-state index contributed by atoms with van der Waals surface area (Å²) in [4.78, 5) is 25.8. The van der Waals surface area contributed by atoms with Crippen molar-refractivity contribution in [2.45, 2.75) is 38.5 Å². The fourth-order valence-electron chi connectivity index (χ4n) is 2.71. The van der Waals surface area contributed by atoms with Gasteiger partial charge in [0.05, 0.1) is 12.1 Å². The van der Waals surface area contributed by atoms with Crippen LogP contribution in [0.1, 0.15) is 36.1 Å². The van der Waals surface area contributed by atoms with Crippen LogP contribution in [0.2, 0.25) is 0 Å². The van der Waals surface area contributed by atoms with Gasteiger partial charge in [-0.05, 0) is 58.3 Å². The van der Waals surface area contributed by atoms with Gasteiger partial charge >= 0.3 is 0 Å². The minimum absolute atomic E-state index is 0. The van der Waals surface area contributed by atoms with E-state index in [0.29, 0.717) is 6.54 Å². The molecule has 0 spiro atoms.